The van der Waals surface area contributed by atoms with Gasteiger partial charge in [0.05, 0.1) is 6.54 Å². The number of nitrogens with two attached hydrogens (primary N) is 1. The molecule has 112 valence electrons. The van der Waals surface area contributed by atoms with Crippen LogP contribution in [0.15, 0.2) is 11.1 Å². The number of nitrogens with one attached hydrogen (secondary N) is 1. The van der Waals surface area contributed by atoms with Gasteiger partial charge in [-0.15, -0.1) is 0 Å². The number of nitrogens with zero attached hydrogens (tertiary/aromatic N) is 3. The van der Waals surface area contributed by atoms with E-state index < -0.39 is 10.0 Å². The Labute approximate surface area is 118 Å². The number of aromatic nitrogens is 2. The maximum Gasteiger partial charge on any atom is 0.248 e. The van der Waals surface area contributed by atoms with E-state index in [0.29, 0.717) is 26.1 Å². The second kappa shape index (κ2) is 5.80. The Kier molecular flexibility index (Phi) is 4.29. The van der Waals surface area contributed by atoms with E-state index in [4.69, 9.17) is 5.73 Å². The topological polar surface area (TPSA) is 110 Å². The Hall–Kier alpha value is -1.61. The Morgan fingerprint density at radius 1 is 1.50 bits per heavy atom. The summed E-state index contributed by atoms with van der Waals surface area (Å²) in [7, 11) is -3.78. The highest BCUT2D eigenvalue weighted by Gasteiger charge is 2.31. The van der Waals surface area contributed by atoms with Crippen molar-refractivity contribution in [1.82, 2.24) is 19.4 Å². The Morgan fingerprint density at radius 3 is 2.95 bits per heavy atom. The number of hydrogen-bond acceptors (Lipinski definition) is 5. The van der Waals surface area contributed by atoms with E-state index in [9.17, 15) is 13.2 Å². The molecule has 9 heteroatoms. The summed E-state index contributed by atoms with van der Waals surface area (Å²) in [6, 6.07) is 0. The second-order valence-electron chi connectivity index (χ2n) is 4.68. The minimum Gasteiger partial charge on any atom is -0.381 e. The van der Waals surface area contributed by atoms with Crippen molar-refractivity contribution < 1.29 is 13.2 Å². The second-order valence-corrected chi connectivity index (χ2v) is 6.59. The lowest BCUT2D eigenvalue weighted by atomic mass is 10.4. The predicted molar refractivity (Wildman–Crippen MR) is 73.3 cm³/mol. The van der Waals surface area contributed by atoms with Crippen LogP contribution in [0.4, 0.5) is 5.82 Å². The molecule has 2 rings (SSSR count). The molecule has 2 heterocycles. The van der Waals surface area contributed by atoms with Crippen molar-refractivity contribution in [1.29, 1.82) is 0 Å². The summed E-state index contributed by atoms with van der Waals surface area (Å²) in [5.74, 6) is -0.325. The number of aryl methyl sites for hydroxylation is 1. The van der Waals surface area contributed by atoms with E-state index in [1.54, 1.807) is 0 Å². The Balaban J connectivity index is 2.31. The average molecular weight is 301 g/mol. The van der Waals surface area contributed by atoms with Gasteiger partial charge in [0, 0.05) is 25.8 Å². The molecule has 1 fully saturated rings. The fourth-order valence-corrected chi connectivity index (χ4v) is 3.58. The molecule has 1 aromatic heterocycles. The molecule has 0 radical (unpaired) electrons. The standard InChI is InChI=1S/C11H19N5O3S/c1-2-5-15-7-9(11(12)14-15)20(18,19)16-6-3-4-13-10(17)8-16/h7H,2-6,8H2,1H3,(H2,12,14)(H,13,17). The van der Waals surface area contributed by atoms with Crippen LogP contribution < -0.4 is 11.1 Å². The predicted octanol–water partition coefficient (Wildman–Crippen LogP) is -0.614. The molecule has 8 nitrogen and oxygen atoms in total. The molecule has 0 atom stereocenters. The summed E-state index contributed by atoms with van der Waals surface area (Å²) < 4.78 is 27.7. The number of sulfonamides is 1. The van der Waals surface area contributed by atoms with Gasteiger partial charge in [-0.3, -0.25) is 9.48 Å². The minimum atomic E-state index is -3.78. The zero-order valence-electron chi connectivity index (χ0n) is 11.4. The summed E-state index contributed by atoms with van der Waals surface area (Å²) >= 11 is 0. The number of hydrogen-bond donors (Lipinski definition) is 2. The average Bonchev–Trinajstić information content (AvgIpc) is 2.60. The molecule has 0 spiro atoms. The monoisotopic (exact) mass is 301 g/mol. The molecule has 1 amide bonds. The first-order chi connectivity index (χ1) is 9.45. The first kappa shape index (κ1) is 14.8. The highest BCUT2D eigenvalue weighted by Crippen LogP contribution is 2.22. The van der Waals surface area contributed by atoms with Crippen LogP contribution in [-0.4, -0.2) is 48.0 Å². The Morgan fingerprint density at radius 2 is 2.25 bits per heavy atom. The lowest BCUT2D eigenvalue weighted by Crippen LogP contribution is -2.37. The van der Waals surface area contributed by atoms with E-state index in [1.807, 2.05) is 6.92 Å². The summed E-state index contributed by atoms with van der Waals surface area (Å²) in [6.07, 6.45) is 2.83. The van der Waals surface area contributed by atoms with Crippen LogP contribution in [0, 0.1) is 0 Å². The highest BCUT2D eigenvalue weighted by molar-refractivity contribution is 7.89. The molecule has 0 unspecified atom stereocenters. The lowest BCUT2D eigenvalue weighted by Gasteiger charge is -2.17. The maximum atomic E-state index is 12.5. The van der Waals surface area contributed by atoms with Crippen LogP contribution >= 0.6 is 0 Å². The zero-order valence-corrected chi connectivity index (χ0v) is 12.2. The van der Waals surface area contributed by atoms with Crippen LogP contribution in [0.25, 0.3) is 0 Å². The number of amides is 1. The smallest absolute Gasteiger partial charge is 0.248 e. The van der Waals surface area contributed by atoms with E-state index in [0.717, 1.165) is 10.7 Å². The summed E-state index contributed by atoms with van der Waals surface area (Å²) in [6.45, 7) is 3.15. The van der Waals surface area contributed by atoms with Gasteiger partial charge in [-0.25, -0.2) is 8.42 Å². The molecule has 1 saturated heterocycles. The van der Waals surface area contributed by atoms with Crippen molar-refractivity contribution in [3.63, 3.8) is 0 Å². The number of carbonyl (C=O) groups excluding carboxylic acids is 1. The van der Waals surface area contributed by atoms with Crippen molar-refractivity contribution >= 4 is 21.7 Å². The van der Waals surface area contributed by atoms with Gasteiger partial charge in [-0.2, -0.15) is 9.40 Å². The van der Waals surface area contributed by atoms with E-state index in [1.165, 1.54) is 10.9 Å². The lowest BCUT2D eigenvalue weighted by molar-refractivity contribution is -0.120. The van der Waals surface area contributed by atoms with Gasteiger partial charge in [0.1, 0.15) is 4.90 Å². The first-order valence-corrected chi connectivity index (χ1v) is 7.99. The van der Waals surface area contributed by atoms with Crippen LogP contribution in [0.5, 0.6) is 0 Å². The fourth-order valence-electron chi connectivity index (χ4n) is 2.08. The summed E-state index contributed by atoms with van der Waals surface area (Å²) in [5.41, 5.74) is 5.70. The molecule has 1 aliphatic heterocycles. The number of nitrogen functional groups attached to an aromatic ring is 1. The molecule has 0 saturated carbocycles. The first-order valence-electron chi connectivity index (χ1n) is 6.55. The molecule has 20 heavy (non-hydrogen) atoms. The van der Waals surface area contributed by atoms with Crippen molar-refractivity contribution in [2.75, 3.05) is 25.4 Å². The summed E-state index contributed by atoms with van der Waals surface area (Å²) in [5, 5.41) is 6.63. The third-order valence-electron chi connectivity index (χ3n) is 3.05. The van der Waals surface area contributed by atoms with Gasteiger partial charge in [0.2, 0.25) is 15.9 Å². The Bertz CT molecular complexity index is 595. The SMILES string of the molecule is CCCn1cc(S(=O)(=O)N2CCCNC(=O)C2)c(N)n1. The van der Waals surface area contributed by atoms with Crippen LogP contribution in [0.2, 0.25) is 0 Å². The van der Waals surface area contributed by atoms with E-state index in [-0.39, 0.29) is 23.2 Å². The molecule has 0 bridgehead atoms. The van der Waals surface area contributed by atoms with Crippen molar-refractivity contribution in [2.24, 2.45) is 0 Å². The molecule has 3 N–H and O–H groups in total. The number of rotatable bonds is 4. The van der Waals surface area contributed by atoms with Gasteiger partial charge in [-0.1, -0.05) is 6.92 Å². The molecule has 0 aromatic carbocycles. The van der Waals surface area contributed by atoms with Crippen LogP contribution in [0.3, 0.4) is 0 Å². The quantitative estimate of drug-likeness (QED) is 0.770. The zero-order chi connectivity index (χ0) is 14.8. The molecule has 1 aromatic rings. The maximum absolute atomic E-state index is 12.5. The van der Waals surface area contributed by atoms with Crippen molar-refractivity contribution in [3.05, 3.63) is 6.20 Å². The number of anilines is 1. The van der Waals surface area contributed by atoms with Gasteiger partial charge >= 0.3 is 0 Å². The molecule has 0 aliphatic carbocycles. The third-order valence-corrected chi connectivity index (χ3v) is 4.91. The van der Waals surface area contributed by atoms with E-state index >= 15 is 0 Å². The molecular weight excluding hydrogens is 282 g/mol. The van der Waals surface area contributed by atoms with Crippen LogP contribution in [0.1, 0.15) is 19.8 Å². The van der Waals surface area contributed by atoms with Gasteiger partial charge < -0.3 is 11.1 Å². The van der Waals surface area contributed by atoms with E-state index in [2.05, 4.69) is 10.4 Å². The van der Waals surface area contributed by atoms with Gasteiger partial charge in [-0.05, 0) is 12.8 Å². The minimum absolute atomic E-state index is 0.0249. The van der Waals surface area contributed by atoms with Gasteiger partial charge in [0.15, 0.2) is 5.82 Å². The van der Waals surface area contributed by atoms with Crippen molar-refractivity contribution in [2.45, 2.75) is 31.2 Å². The molecular formula is C11H19N5O3S. The largest absolute Gasteiger partial charge is 0.381 e. The number of carbonyl (C=O) groups is 1. The van der Waals surface area contributed by atoms with Crippen molar-refractivity contribution in [3.8, 4) is 0 Å². The van der Waals surface area contributed by atoms with Gasteiger partial charge in [0.25, 0.3) is 0 Å². The summed E-state index contributed by atoms with van der Waals surface area (Å²) in [4.78, 5) is 11.5. The molecule has 1 aliphatic rings. The third kappa shape index (κ3) is 2.93. The van der Waals surface area contributed by atoms with Crippen LogP contribution in [-0.2, 0) is 21.4 Å². The normalized spacial score (nSPS) is 17.8. The highest BCUT2D eigenvalue weighted by atomic mass is 32.2. The fraction of sp³-hybridized carbons (Fsp3) is 0.636.